The Bertz CT molecular complexity index is 790. The summed E-state index contributed by atoms with van der Waals surface area (Å²) >= 11 is 0. The van der Waals surface area contributed by atoms with Gasteiger partial charge in [-0.2, -0.15) is 0 Å². The third-order valence-corrected chi connectivity index (χ3v) is 4.39. The maximum Gasteiger partial charge on any atom is 0.256 e. The second-order valence-electron chi connectivity index (χ2n) is 6.36. The van der Waals surface area contributed by atoms with Gasteiger partial charge in [0.1, 0.15) is 11.4 Å². The van der Waals surface area contributed by atoms with E-state index in [0.29, 0.717) is 30.0 Å². The first-order chi connectivity index (χ1) is 11.5. The summed E-state index contributed by atoms with van der Waals surface area (Å²) in [6.07, 6.45) is 3.81. The van der Waals surface area contributed by atoms with Gasteiger partial charge >= 0.3 is 0 Å². The summed E-state index contributed by atoms with van der Waals surface area (Å²) in [5.74, 6) is 0.140. The van der Waals surface area contributed by atoms with Crippen LogP contribution < -0.4 is 10.9 Å². The van der Waals surface area contributed by atoms with Crippen LogP contribution in [0.2, 0.25) is 0 Å². The number of aromatic amines is 1. The van der Waals surface area contributed by atoms with Crippen LogP contribution in [0.4, 0.5) is 5.69 Å². The Labute approximate surface area is 140 Å². The zero-order valence-electron chi connectivity index (χ0n) is 13.6. The molecule has 0 spiro atoms. The number of nitrogens with zero attached hydrogens (tertiary/aromatic N) is 1. The van der Waals surface area contributed by atoms with Crippen LogP contribution in [0, 0.1) is 6.92 Å². The van der Waals surface area contributed by atoms with Crippen molar-refractivity contribution < 1.29 is 9.90 Å². The largest absolute Gasteiger partial charge is 0.380 e. The molecule has 1 aromatic carbocycles. The second kappa shape index (κ2) is 6.57. The Hall–Kier alpha value is -2.47. The molecule has 6 heteroatoms. The molecule has 1 amide bonds. The van der Waals surface area contributed by atoms with E-state index in [1.54, 1.807) is 31.2 Å². The van der Waals surface area contributed by atoms with E-state index in [2.05, 4.69) is 15.3 Å². The van der Waals surface area contributed by atoms with Crippen LogP contribution >= 0.6 is 0 Å². The van der Waals surface area contributed by atoms with Gasteiger partial charge in [0.15, 0.2) is 0 Å². The highest BCUT2D eigenvalue weighted by Gasteiger charge is 2.36. The molecule has 1 aromatic heterocycles. The van der Waals surface area contributed by atoms with Gasteiger partial charge in [-0.1, -0.05) is 19.3 Å². The summed E-state index contributed by atoms with van der Waals surface area (Å²) < 4.78 is 0. The van der Waals surface area contributed by atoms with Crippen molar-refractivity contribution in [3.05, 3.63) is 46.4 Å². The molecule has 0 unspecified atom stereocenters. The highest BCUT2D eigenvalue weighted by atomic mass is 16.3. The topological polar surface area (TPSA) is 95.1 Å². The third kappa shape index (κ3) is 3.54. The number of aromatic nitrogens is 2. The SMILES string of the molecule is Cc1cc(=O)[nH]c(-c2ccc(NC(=O)C3(O)CCCCC3)cc2)n1. The molecule has 2 aromatic rings. The number of nitrogens with one attached hydrogen (secondary N) is 2. The molecule has 1 aliphatic carbocycles. The zero-order chi connectivity index (χ0) is 17.2. The molecule has 0 radical (unpaired) electrons. The molecule has 1 fully saturated rings. The summed E-state index contributed by atoms with van der Waals surface area (Å²) in [6.45, 7) is 1.76. The molecule has 0 bridgehead atoms. The molecule has 3 N–H and O–H groups in total. The minimum absolute atomic E-state index is 0.200. The number of H-pyrrole nitrogens is 1. The van der Waals surface area contributed by atoms with Crippen LogP contribution in [0.15, 0.2) is 35.1 Å². The lowest BCUT2D eigenvalue weighted by molar-refractivity contribution is -0.137. The molecule has 6 nitrogen and oxygen atoms in total. The molecule has 1 heterocycles. The second-order valence-corrected chi connectivity index (χ2v) is 6.36. The van der Waals surface area contributed by atoms with Crippen LogP contribution in [0.1, 0.15) is 37.8 Å². The predicted molar refractivity (Wildman–Crippen MR) is 91.7 cm³/mol. The van der Waals surface area contributed by atoms with Crippen molar-refractivity contribution in [2.45, 2.75) is 44.6 Å². The van der Waals surface area contributed by atoms with Gasteiger partial charge in [-0.3, -0.25) is 9.59 Å². The Morgan fingerprint density at radius 2 is 1.88 bits per heavy atom. The number of carbonyl (C=O) groups is 1. The maximum absolute atomic E-state index is 12.3. The summed E-state index contributed by atoms with van der Waals surface area (Å²) in [5, 5.41) is 13.2. The van der Waals surface area contributed by atoms with Crippen molar-refractivity contribution in [2.24, 2.45) is 0 Å². The maximum atomic E-state index is 12.3. The quantitative estimate of drug-likeness (QED) is 0.806. The van der Waals surface area contributed by atoms with Gasteiger partial charge in [0, 0.05) is 23.0 Å². The number of amides is 1. The van der Waals surface area contributed by atoms with Crippen LogP contribution in [-0.2, 0) is 4.79 Å². The van der Waals surface area contributed by atoms with Gasteiger partial charge in [-0.15, -0.1) is 0 Å². The van der Waals surface area contributed by atoms with Gasteiger partial charge in [0.05, 0.1) is 0 Å². The Balaban J connectivity index is 1.75. The lowest BCUT2D eigenvalue weighted by Crippen LogP contribution is -2.44. The number of aliphatic hydroxyl groups is 1. The van der Waals surface area contributed by atoms with E-state index in [9.17, 15) is 14.7 Å². The van der Waals surface area contributed by atoms with Crippen molar-refractivity contribution in [3.63, 3.8) is 0 Å². The average molecular weight is 327 g/mol. The van der Waals surface area contributed by atoms with Crippen LogP contribution in [0.5, 0.6) is 0 Å². The fourth-order valence-corrected chi connectivity index (χ4v) is 3.04. The standard InChI is InChI=1S/C18H21N3O3/c1-12-11-15(22)21-16(19-12)13-5-7-14(8-6-13)20-17(23)18(24)9-3-2-4-10-18/h5-8,11,24H,2-4,9-10H2,1H3,(H,20,23)(H,19,21,22). The smallest absolute Gasteiger partial charge is 0.256 e. The lowest BCUT2D eigenvalue weighted by Gasteiger charge is -2.30. The van der Waals surface area contributed by atoms with Crippen molar-refractivity contribution in [1.82, 2.24) is 9.97 Å². The summed E-state index contributed by atoms with van der Waals surface area (Å²) in [4.78, 5) is 30.8. The van der Waals surface area contributed by atoms with E-state index >= 15 is 0 Å². The van der Waals surface area contributed by atoms with Crippen molar-refractivity contribution in [1.29, 1.82) is 0 Å². The highest BCUT2D eigenvalue weighted by molar-refractivity contribution is 5.97. The Kier molecular flexibility index (Phi) is 4.49. The average Bonchev–Trinajstić information content (AvgIpc) is 2.55. The first-order valence-electron chi connectivity index (χ1n) is 8.18. The lowest BCUT2D eigenvalue weighted by atomic mass is 9.84. The first-order valence-corrected chi connectivity index (χ1v) is 8.18. The molecule has 3 rings (SSSR count). The number of hydrogen-bond acceptors (Lipinski definition) is 4. The van der Waals surface area contributed by atoms with Gasteiger partial charge < -0.3 is 15.4 Å². The highest BCUT2D eigenvalue weighted by Crippen LogP contribution is 2.29. The zero-order valence-corrected chi connectivity index (χ0v) is 13.6. The Morgan fingerprint density at radius 3 is 2.50 bits per heavy atom. The molecule has 0 aliphatic heterocycles. The molecular formula is C18H21N3O3. The van der Waals surface area contributed by atoms with E-state index in [1.165, 1.54) is 6.07 Å². The molecule has 1 aliphatic rings. The van der Waals surface area contributed by atoms with Crippen LogP contribution in [0.3, 0.4) is 0 Å². The van der Waals surface area contributed by atoms with E-state index in [1.807, 2.05) is 0 Å². The molecule has 0 saturated heterocycles. The van der Waals surface area contributed by atoms with Crippen LogP contribution in [0.25, 0.3) is 11.4 Å². The van der Waals surface area contributed by atoms with Gasteiger partial charge in [0.25, 0.3) is 11.5 Å². The van der Waals surface area contributed by atoms with E-state index < -0.39 is 5.60 Å². The van der Waals surface area contributed by atoms with Crippen LogP contribution in [-0.4, -0.2) is 26.6 Å². The molecular weight excluding hydrogens is 306 g/mol. The van der Waals surface area contributed by atoms with Crippen molar-refractivity contribution >= 4 is 11.6 Å². The van der Waals surface area contributed by atoms with Gasteiger partial charge in [-0.05, 0) is 44.0 Å². The summed E-state index contributed by atoms with van der Waals surface area (Å²) in [6, 6.07) is 8.46. The van der Waals surface area contributed by atoms with Crippen molar-refractivity contribution in [2.75, 3.05) is 5.32 Å². The van der Waals surface area contributed by atoms with Gasteiger partial charge in [-0.25, -0.2) is 4.98 Å². The van der Waals surface area contributed by atoms with E-state index in [-0.39, 0.29) is 11.5 Å². The number of hydrogen-bond donors (Lipinski definition) is 3. The summed E-state index contributed by atoms with van der Waals surface area (Å²) in [7, 11) is 0. The number of benzene rings is 1. The fourth-order valence-electron chi connectivity index (χ4n) is 3.04. The monoisotopic (exact) mass is 327 g/mol. The third-order valence-electron chi connectivity index (χ3n) is 4.39. The Morgan fingerprint density at radius 1 is 1.21 bits per heavy atom. The number of carbonyl (C=O) groups excluding carboxylic acids is 1. The normalized spacial score (nSPS) is 16.6. The predicted octanol–water partition coefficient (Wildman–Crippen LogP) is 2.38. The van der Waals surface area contributed by atoms with E-state index in [0.717, 1.165) is 24.8 Å². The minimum Gasteiger partial charge on any atom is -0.380 e. The molecule has 126 valence electrons. The number of rotatable bonds is 3. The van der Waals surface area contributed by atoms with Gasteiger partial charge in [0.2, 0.25) is 0 Å². The number of anilines is 1. The molecule has 1 saturated carbocycles. The molecule has 0 atom stereocenters. The van der Waals surface area contributed by atoms with E-state index in [4.69, 9.17) is 0 Å². The molecule has 24 heavy (non-hydrogen) atoms. The first kappa shape index (κ1) is 16.4. The van der Waals surface area contributed by atoms with Crippen molar-refractivity contribution in [3.8, 4) is 11.4 Å². The summed E-state index contributed by atoms with van der Waals surface area (Å²) in [5.41, 5.74) is 0.545. The minimum atomic E-state index is -1.26. The fraction of sp³-hybridized carbons (Fsp3) is 0.389. The number of aryl methyl sites for hydroxylation is 1.